The number of benzene rings is 2. The van der Waals surface area contributed by atoms with Crippen LogP contribution < -0.4 is 16.0 Å². The summed E-state index contributed by atoms with van der Waals surface area (Å²) in [4.78, 5) is 32.1. The number of aromatic nitrogens is 2. The predicted molar refractivity (Wildman–Crippen MR) is 124 cm³/mol. The SMILES string of the molecule is CC(=O)Nc1ccc(-c2ccnc(NC3=CC(NC(=O)c4c(F)c(F)c(F)c(F)c4F)=CCC3)n2)cc1. The van der Waals surface area contributed by atoms with E-state index < -0.39 is 40.6 Å². The first-order valence-corrected chi connectivity index (χ1v) is 10.9. The Labute approximate surface area is 207 Å². The van der Waals surface area contributed by atoms with Gasteiger partial charge in [0.25, 0.3) is 5.91 Å². The summed E-state index contributed by atoms with van der Waals surface area (Å²) < 4.78 is 68.1. The van der Waals surface area contributed by atoms with E-state index in [0.717, 1.165) is 5.56 Å². The lowest BCUT2D eigenvalue weighted by molar-refractivity contribution is -0.114. The second-order valence-electron chi connectivity index (χ2n) is 7.92. The molecular weight excluding hydrogens is 497 g/mol. The smallest absolute Gasteiger partial charge is 0.261 e. The number of allylic oxidation sites excluding steroid dienone is 3. The highest BCUT2D eigenvalue weighted by atomic mass is 19.2. The standard InChI is InChI=1S/C25H18F5N5O2/c1-12(36)32-14-7-5-13(6-8-14)17-9-10-31-25(35-17)34-16-4-2-3-15(11-16)33-24(37)18-19(26)21(28)23(30)22(29)20(18)27/h3,5-11H,2,4H2,1H3,(H,32,36)(H,33,37)(H,31,34,35). The van der Waals surface area contributed by atoms with Gasteiger partial charge in [-0.3, -0.25) is 9.59 Å². The van der Waals surface area contributed by atoms with Gasteiger partial charge >= 0.3 is 0 Å². The minimum Gasteiger partial charge on any atom is -0.328 e. The summed E-state index contributed by atoms with van der Waals surface area (Å²) in [6.07, 6.45) is 5.36. The number of anilines is 2. The van der Waals surface area contributed by atoms with Crippen LogP contribution in [-0.4, -0.2) is 21.8 Å². The summed E-state index contributed by atoms with van der Waals surface area (Å²) in [7, 11) is 0. The van der Waals surface area contributed by atoms with E-state index in [-0.39, 0.29) is 17.6 Å². The van der Waals surface area contributed by atoms with Gasteiger partial charge in [-0.05, 0) is 37.1 Å². The highest BCUT2D eigenvalue weighted by molar-refractivity contribution is 5.96. The second-order valence-corrected chi connectivity index (χ2v) is 7.92. The number of amides is 2. The molecule has 0 fully saturated rings. The molecule has 2 amide bonds. The first kappa shape index (κ1) is 25.5. The van der Waals surface area contributed by atoms with Crippen molar-refractivity contribution in [2.75, 3.05) is 10.6 Å². The Kier molecular flexibility index (Phi) is 7.27. The number of hydrogen-bond donors (Lipinski definition) is 3. The maximum Gasteiger partial charge on any atom is 0.261 e. The lowest BCUT2D eigenvalue weighted by atomic mass is 10.1. The number of carbonyl (C=O) groups is 2. The van der Waals surface area contributed by atoms with Crippen molar-refractivity contribution >= 4 is 23.5 Å². The van der Waals surface area contributed by atoms with Gasteiger partial charge in [0.1, 0.15) is 5.56 Å². The fraction of sp³-hybridized carbons (Fsp3) is 0.120. The van der Waals surface area contributed by atoms with Crippen molar-refractivity contribution in [1.29, 1.82) is 0 Å². The summed E-state index contributed by atoms with van der Waals surface area (Å²) in [5.41, 5.74) is 1.02. The maximum absolute atomic E-state index is 14.0. The monoisotopic (exact) mass is 515 g/mol. The molecule has 0 radical (unpaired) electrons. The molecule has 7 nitrogen and oxygen atoms in total. The first-order chi connectivity index (χ1) is 17.6. The molecule has 2 aromatic carbocycles. The van der Waals surface area contributed by atoms with Crippen LogP contribution in [-0.2, 0) is 4.79 Å². The van der Waals surface area contributed by atoms with Crippen molar-refractivity contribution in [2.24, 2.45) is 0 Å². The molecule has 0 atom stereocenters. The highest BCUT2D eigenvalue weighted by Crippen LogP contribution is 2.25. The minimum atomic E-state index is -2.35. The van der Waals surface area contributed by atoms with Gasteiger partial charge < -0.3 is 16.0 Å². The van der Waals surface area contributed by atoms with Crippen molar-refractivity contribution in [3.63, 3.8) is 0 Å². The van der Waals surface area contributed by atoms with Crippen LogP contribution in [0.1, 0.15) is 30.1 Å². The van der Waals surface area contributed by atoms with E-state index in [2.05, 4.69) is 25.9 Å². The lowest BCUT2D eigenvalue weighted by Gasteiger charge is -2.16. The Balaban J connectivity index is 1.49. The summed E-state index contributed by atoms with van der Waals surface area (Å²) in [6.45, 7) is 1.40. The number of nitrogens with one attached hydrogen (secondary N) is 3. The molecular formula is C25H18F5N5O2. The van der Waals surface area contributed by atoms with Crippen LogP contribution in [0.25, 0.3) is 11.3 Å². The Morgan fingerprint density at radius 3 is 2.16 bits per heavy atom. The summed E-state index contributed by atoms with van der Waals surface area (Å²) in [5.74, 6) is -12.7. The van der Waals surface area contributed by atoms with E-state index in [4.69, 9.17) is 0 Å². The molecule has 0 unspecified atom stereocenters. The summed E-state index contributed by atoms with van der Waals surface area (Å²) in [6, 6.07) is 8.67. The van der Waals surface area contributed by atoms with Crippen molar-refractivity contribution in [2.45, 2.75) is 19.8 Å². The zero-order chi connectivity index (χ0) is 26.7. The number of nitrogens with zero attached hydrogens (tertiary/aromatic N) is 2. The minimum absolute atomic E-state index is 0.0902. The predicted octanol–water partition coefficient (Wildman–Crippen LogP) is 5.20. The van der Waals surface area contributed by atoms with E-state index in [1.165, 1.54) is 25.3 Å². The van der Waals surface area contributed by atoms with E-state index >= 15 is 0 Å². The van der Waals surface area contributed by atoms with Gasteiger partial charge in [-0.2, -0.15) is 0 Å². The largest absolute Gasteiger partial charge is 0.328 e. The van der Waals surface area contributed by atoms with Gasteiger partial charge in [0.2, 0.25) is 17.7 Å². The Bertz CT molecular complexity index is 1430. The number of rotatable bonds is 6. The third-order valence-electron chi connectivity index (χ3n) is 5.23. The normalized spacial score (nSPS) is 12.9. The fourth-order valence-electron chi connectivity index (χ4n) is 3.54. The first-order valence-electron chi connectivity index (χ1n) is 10.9. The quantitative estimate of drug-likeness (QED) is 0.238. The van der Waals surface area contributed by atoms with Crippen LogP contribution in [0.4, 0.5) is 33.6 Å². The van der Waals surface area contributed by atoms with Crippen LogP contribution >= 0.6 is 0 Å². The molecule has 0 spiro atoms. The van der Waals surface area contributed by atoms with E-state index in [1.807, 2.05) is 0 Å². The number of carbonyl (C=O) groups excluding carboxylic acids is 2. The molecule has 0 aliphatic heterocycles. The molecule has 3 N–H and O–H groups in total. The summed E-state index contributed by atoms with van der Waals surface area (Å²) in [5, 5.41) is 7.82. The molecule has 190 valence electrons. The molecule has 0 saturated carbocycles. The van der Waals surface area contributed by atoms with Crippen molar-refractivity contribution in [1.82, 2.24) is 15.3 Å². The fourth-order valence-corrected chi connectivity index (χ4v) is 3.54. The maximum atomic E-state index is 14.0. The van der Waals surface area contributed by atoms with E-state index in [1.54, 1.807) is 30.3 Å². The van der Waals surface area contributed by atoms with Crippen LogP contribution in [0.15, 0.2) is 60.1 Å². The Morgan fingerprint density at radius 1 is 0.865 bits per heavy atom. The average Bonchev–Trinajstić information content (AvgIpc) is 2.87. The molecule has 0 bridgehead atoms. The molecule has 12 heteroatoms. The third kappa shape index (κ3) is 5.63. The van der Waals surface area contributed by atoms with E-state index in [0.29, 0.717) is 29.9 Å². The van der Waals surface area contributed by atoms with Crippen molar-refractivity contribution in [3.05, 3.63) is 94.7 Å². The zero-order valence-corrected chi connectivity index (χ0v) is 19.1. The van der Waals surface area contributed by atoms with Gasteiger partial charge in [0.15, 0.2) is 23.3 Å². The molecule has 1 aromatic heterocycles. The van der Waals surface area contributed by atoms with Crippen LogP contribution in [0, 0.1) is 29.1 Å². The third-order valence-corrected chi connectivity index (χ3v) is 5.23. The van der Waals surface area contributed by atoms with Gasteiger partial charge in [0.05, 0.1) is 5.69 Å². The van der Waals surface area contributed by atoms with Crippen LogP contribution in [0.3, 0.4) is 0 Å². The Hall–Kier alpha value is -4.61. The molecule has 4 rings (SSSR count). The lowest BCUT2D eigenvalue weighted by Crippen LogP contribution is -2.27. The number of halogens is 5. The topological polar surface area (TPSA) is 96.0 Å². The second kappa shape index (κ2) is 10.6. The van der Waals surface area contributed by atoms with Crippen LogP contribution in [0.5, 0.6) is 0 Å². The summed E-state index contributed by atoms with van der Waals surface area (Å²) >= 11 is 0. The molecule has 1 heterocycles. The van der Waals surface area contributed by atoms with Crippen molar-refractivity contribution in [3.8, 4) is 11.3 Å². The average molecular weight is 515 g/mol. The van der Waals surface area contributed by atoms with Gasteiger partial charge in [-0.1, -0.05) is 18.2 Å². The van der Waals surface area contributed by atoms with E-state index in [9.17, 15) is 31.5 Å². The highest BCUT2D eigenvalue weighted by Gasteiger charge is 2.30. The van der Waals surface area contributed by atoms with Gasteiger partial charge in [-0.25, -0.2) is 31.9 Å². The number of hydrogen-bond acceptors (Lipinski definition) is 5. The molecule has 37 heavy (non-hydrogen) atoms. The van der Waals surface area contributed by atoms with Crippen LogP contribution in [0.2, 0.25) is 0 Å². The zero-order valence-electron chi connectivity index (χ0n) is 19.1. The molecule has 3 aromatic rings. The Morgan fingerprint density at radius 2 is 1.51 bits per heavy atom. The molecule has 1 aliphatic carbocycles. The molecule has 0 saturated heterocycles. The molecule has 1 aliphatic rings. The van der Waals surface area contributed by atoms with Gasteiger partial charge in [0, 0.05) is 35.8 Å². The van der Waals surface area contributed by atoms with Gasteiger partial charge in [-0.15, -0.1) is 0 Å². The van der Waals surface area contributed by atoms with Crippen molar-refractivity contribution < 1.29 is 31.5 Å².